The fourth-order valence-corrected chi connectivity index (χ4v) is 1.18. The first-order valence-electron chi connectivity index (χ1n) is 4.30. The fraction of sp³-hybridized carbons (Fsp3) is 0.250. The molecule has 0 N–H and O–H groups in total. The minimum atomic E-state index is 0.929. The first kappa shape index (κ1) is 9.85. The van der Waals surface area contributed by atoms with E-state index in [-0.39, 0.29) is 0 Å². The van der Waals surface area contributed by atoms with Gasteiger partial charge in [0, 0.05) is 5.92 Å². The van der Waals surface area contributed by atoms with E-state index < -0.39 is 0 Å². The molecule has 1 rings (SSSR count). The van der Waals surface area contributed by atoms with Crippen LogP contribution >= 0.6 is 0 Å². The van der Waals surface area contributed by atoms with Crippen molar-refractivity contribution in [2.24, 2.45) is 0 Å². The van der Waals surface area contributed by atoms with E-state index in [1.807, 2.05) is 26.0 Å². The summed E-state index contributed by atoms with van der Waals surface area (Å²) in [6.45, 7) is 7.81. The van der Waals surface area contributed by atoms with Crippen molar-refractivity contribution in [1.82, 2.24) is 0 Å². The maximum Gasteiger partial charge on any atom is 0.122 e. The van der Waals surface area contributed by atoms with Crippen molar-refractivity contribution in [3.63, 3.8) is 0 Å². The van der Waals surface area contributed by atoms with Crippen LogP contribution in [0.5, 0.6) is 5.75 Å². The second-order valence-electron chi connectivity index (χ2n) is 3.07. The Kier molecular flexibility index (Phi) is 3.13. The molecule has 13 heavy (non-hydrogen) atoms. The molecule has 0 aliphatic rings. The molecule has 0 amide bonds. The van der Waals surface area contributed by atoms with Gasteiger partial charge in [-0.3, -0.25) is 0 Å². The van der Waals surface area contributed by atoms with Crippen LogP contribution in [-0.4, -0.2) is 7.11 Å². The highest BCUT2D eigenvalue weighted by atomic mass is 16.5. The van der Waals surface area contributed by atoms with Gasteiger partial charge in [-0.15, -0.1) is 6.58 Å². The molecule has 1 radical (unpaired) electrons. The highest BCUT2D eigenvalue weighted by molar-refractivity contribution is 5.44. The number of aryl methyl sites for hydroxylation is 1. The Bertz CT molecular complexity index is 302. The van der Waals surface area contributed by atoms with E-state index in [0.717, 1.165) is 16.9 Å². The molecule has 0 saturated carbocycles. The summed E-state index contributed by atoms with van der Waals surface area (Å²) in [6.07, 6.45) is 1.85. The quantitative estimate of drug-likeness (QED) is 0.685. The lowest BCUT2D eigenvalue weighted by Gasteiger charge is -2.09. The van der Waals surface area contributed by atoms with Gasteiger partial charge in [0.2, 0.25) is 0 Å². The molecule has 0 bridgehead atoms. The molecule has 1 aromatic rings. The number of benzene rings is 1. The monoisotopic (exact) mass is 175 g/mol. The maximum atomic E-state index is 5.23. The van der Waals surface area contributed by atoms with Gasteiger partial charge in [-0.2, -0.15) is 0 Å². The third kappa shape index (κ3) is 2.11. The minimum Gasteiger partial charge on any atom is -0.496 e. The first-order valence-corrected chi connectivity index (χ1v) is 4.30. The lowest BCUT2D eigenvalue weighted by atomic mass is 10.00. The van der Waals surface area contributed by atoms with E-state index in [4.69, 9.17) is 4.74 Å². The molecule has 69 valence electrons. The molecule has 1 heteroatoms. The zero-order chi connectivity index (χ0) is 9.84. The molecule has 0 unspecified atom stereocenters. The number of allylic oxidation sites excluding steroid dienone is 1. The predicted octanol–water partition coefficient (Wildman–Crippen LogP) is 3.13. The third-order valence-corrected chi connectivity index (χ3v) is 2.17. The average molecular weight is 175 g/mol. The van der Waals surface area contributed by atoms with Crippen molar-refractivity contribution in [3.8, 4) is 5.75 Å². The van der Waals surface area contributed by atoms with Gasteiger partial charge < -0.3 is 4.74 Å². The second-order valence-corrected chi connectivity index (χ2v) is 3.07. The van der Waals surface area contributed by atoms with Crippen molar-refractivity contribution in [1.29, 1.82) is 0 Å². The van der Waals surface area contributed by atoms with Gasteiger partial charge in [0.1, 0.15) is 5.75 Å². The summed E-state index contributed by atoms with van der Waals surface area (Å²) in [5, 5.41) is 0. The van der Waals surface area contributed by atoms with Crippen molar-refractivity contribution in [3.05, 3.63) is 47.9 Å². The summed E-state index contributed by atoms with van der Waals surface area (Å²) in [7, 11) is 1.69. The lowest BCUT2D eigenvalue weighted by molar-refractivity contribution is 0.411. The Morgan fingerprint density at radius 1 is 1.46 bits per heavy atom. The summed E-state index contributed by atoms with van der Waals surface area (Å²) in [5.74, 6) is 2.09. The molecule has 0 aliphatic carbocycles. The van der Waals surface area contributed by atoms with Crippen LogP contribution < -0.4 is 4.74 Å². The molecule has 1 nitrogen and oxygen atoms in total. The van der Waals surface area contributed by atoms with E-state index in [1.54, 1.807) is 7.11 Å². The van der Waals surface area contributed by atoms with Crippen LogP contribution in [-0.2, 0) is 0 Å². The molecule has 0 saturated heterocycles. The van der Waals surface area contributed by atoms with Crippen molar-refractivity contribution >= 4 is 0 Å². The van der Waals surface area contributed by atoms with E-state index in [1.165, 1.54) is 5.92 Å². The van der Waals surface area contributed by atoms with E-state index in [2.05, 4.69) is 18.7 Å². The Morgan fingerprint density at radius 2 is 2.15 bits per heavy atom. The van der Waals surface area contributed by atoms with Crippen LogP contribution in [0, 0.1) is 12.8 Å². The molecule has 0 atom stereocenters. The highest BCUT2D eigenvalue weighted by Gasteiger charge is 2.04. The molecule has 0 spiro atoms. The van der Waals surface area contributed by atoms with Crippen molar-refractivity contribution in [2.45, 2.75) is 13.8 Å². The largest absolute Gasteiger partial charge is 0.496 e. The van der Waals surface area contributed by atoms with E-state index in [0.29, 0.717) is 0 Å². The van der Waals surface area contributed by atoms with Gasteiger partial charge in [0.25, 0.3) is 0 Å². The SMILES string of the molecule is C=C[C](C)c1ccc(C)c(OC)c1. The van der Waals surface area contributed by atoms with Gasteiger partial charge in [-0.1, -0.05) is 25.1 Å². The van der Waals surface area contributed by atoms with E-state index >= 15 is 0 Å². The van der Waals surface area contributed by atoms with Crippen LogP contribution in [0.15, 0.2) is 30.9 Å². The Morgan fingerprint density at radius 3 is 2.69 bits per heavy atom. The summed E-state index contributed by atoms with van der Waals surface area (Å²) in [4.78, 5) is 0. The molecule has 0 aliphatic heterocycles. The number of hydrogen-bond donors (Lipinski definition) is 0. The smallest absolute Gasteiger partial charge is 0.122 e. The molecular weight excluding hydrogens is 160 g/mol. The molecule has 0 heterocycles. The number of rotatable bonds is 3. The Balaban J connectivity index is 3.05. The number of methoxy groups -OCH3 is 1. The zero-order valence-electron chi connectivity index (χ0n) is 8.42. The lowest BCUT2D eigenvalue weighted by Crippen LogP contribution is -1.93. The summed E-state index contributed by atoms with van der Waals surface area (Å²) >= 11 is 0. The normalized spacial score (nSPS) is 10.2. The summed E-state index contributed by atoms with van der Waals surface area (Å²) in [5.41, 5.74) is 2.32. The van der Waals surface area contributed by atoms with Gasteiger partial charge in [-0.25, -0.2) is 0 Å². The van der Waals surface area contributed by atoms with Gasteiger partial charge in [-0.05, 0) is 24.1 Å². The average Bonchev–Trinajstić information content (AvgIpc) is 2.17. The fourth-order valence-electron chi connectivity index (χ4n) is 1.18. The van der Waals surface area contributed by atoms with Gasteiger partial charge in [0.05, 0.1) is 7.11 Å². The second kappa shape index (κ2) is 4.13. The molecule has 1 aromatic carbocycles. The maximum absolute atomic E-state index is 5.23. The molecule has 0 fully saturated rings. The third-order valence-electron chi connectivity index (χ3n) is 2.17. The Labute approximate surface area is 80.0 Å². The standard InChI is InChI=1S/C12H15O/c1-5-9(2)11-7-6-10(3)12(8-11)13-4/h5-8H,1H2,2-4H3. The van der Waals surface area contributed by atoms with Gasteiger partial charge in [0.15, 0.2) is 0 Å². The number of ether oxygens (including phenoxy) is 1. The highest BCUT2D eigenvalue weighted by Crippen LogP contribution is 2.23. The van der Waals surface area contributed by atoms with Crippen molar-refractivity contribution < 1.29 is 4.74 Å². The summed E-state index contributed by atoms with van der Waals surface area (Å²) < 4.78 is 5.23. The van der Waals surface area contributed by atoms with Crippen LogP contribution in [0.3, 0.4) is 0 Å². The van der Waals surface area contributed by atoms with Crippen molar-refractivity contribution in [2.75, 3.05) is 7.11 Å². The van der Waals surface area contributed by atoms with Crippen LogP contribution in [0.25, 0.3) is 0 Å². The molecular formula is C12H15O. The van der Waals surface area contributed by atoms with Gasteiger partial charge >= 0.3 is 0 Å². The molecule has 0 aromatic heterocycles. The summed E-state index contributed by atoms with van der Waals surface area (Å²) in [6, 6.07) is 6.17. The minimum absolute atomic E-state index is 0.929. The van der Waals surface area contributed by atoms with Crippen LogP contribution in [0.1, 0.15) is 18.1 Å². The van der Waals surface area contributed by atoms with Crippen LogP contribution in [0.4, 0.5) is 0 Å². The number of hydrogen-bond acceptors (Lipinski definition) is 1. The zero-order valence-corrected chi connectivity index (χ0v) is 8.42. The van der Waals surface area contributed by atoms with E-state index in [9.17, 15) is 0 Å². The topological polar surface area (TPSA) is 9.23 Å². The first-order chi connectivity index (χ1) is 6.19. The van der Waals surface area contributed by atoms with Crippen LogP contribution in [0.2, 0.25) is 0 Å². The predicted molar refractivity (Wildman–Crippen MR) is 55.9 cm³/mol. The Hall–Kier alpha value is -1.24.